The fourth-order valence-electron chi connectivity index (χ4n) is 2.61. The van der Waals surface area contributed by atoms with Gasteiger partial charge in [-0.1, -0.05) is 40.9 Å². The van der Waals surface area contributed by atoms with Crippen LogP contribution in [0.15, 0.2) is 102 Å². The number of H-pyrrole nitrogens is 2. The number of benzene rings is 3. The summed E-state index contributed by atoms with van der Waals surface area (Å²) in [6.07, 6.45) is 4.81. The highest BCUT2D eigenvalue weighted by Gasteiger charge is 1.92. The summed E-state index contributed by atoms with van der Waals surface area (Å²) in [5.41, 5.74) is 5.71. The number of nitrogens with zero attached hydrogens (tertiary/aromatic N) is 6. The van der Waals surface area contributed by atoms with E-state index in [1.165, 1.54) is 17.9 Å². The van der Waals surface area contributed by atoms with Gasteiger partial charge >= 0.3 is 0 Å². The number of rotatable bonds is 0. The lowest BCUT2D eigenvalue weighted by Crippen LogP contribution is -1.63. The van der Waals surface area contributed by atoms with Gasteiger partial charge in [0.05, 0.1) is 23.6 Å². The summed E-state index contributed by atoms with van der Waals surface area (Å²) in [5, 5.41) is 15.6. The Morgan fingerprint density at radius 2 is 1.41 bits per heavy atom. The molecule has 0 saturated carbocycles. The van der Waals surface area contributed by atoms with E-state index in [-0.39, 0.29) is 0 Å². The Morgan fingerprint density at radius 1 is 0.719 bits per heavy atom. The van der Waals surface area contributed by atoms with Gasteiger partial charge in [-0.2, -0.15) is 15.4 Å². The van der Waals surface area contributed by atoms with E-state index in [2.05, 4.69) is 39.9 Å². The van der Waals surface area contributed by atoms with Crippen molar-refractivity contribution in [3.8, 4) is 0 Å². The molecule has 0 aliphatic heterocycles. The molecule has 10 heteroatoms. The second-order valence-corrected chi connectivity index (χ2v) is 6.79. The number of fused-ring (bicyclic) bond motifs is 3. The summed E-state index contributed by atoms with van der Waals surface area (Å²) in [6.45, 7) is 0. The lowest BCUT2D eigenvalue weighted by atomic mass is 10.3. The van der Waals surface area contributed by atoms with Gasteiger partial charge in [0.2, 0.25) is 0 Å². The molecule has 9 nitrogen and oxygen atoms in total. The zero-order valence-electron chi connectivity index (χ0n) is 16.7. The topological polar surface area (TPSA) is 122 Å². The molecule has 0 radical (unpaired) electrons. The minimum absolute atomic E-state index is 0.845. The number of hydrogen-bond donors (Lipinski definition) is 2. The van der Waals surface area contributed by atoms with E-state index in [4.69, 9.17) is 4.42 Å². The smallest absolute Gasteiger partial charge is 0.181 e. The standard InChI is InChI=1S/C7H6N2.C7H5NO.C6H5N3.C2H2N2S/c2*1-2-4-7-6(3-1)8-5-9-7;1-2-4-6-5(3-1)7-9-8-6;1-2-5-4-3-1/h1-5H,(H,8,9);1-5H;1-4H,(H,7,8,9);1-2H. The van der Waals surface area contributed by atoms with Crippen LogP contribution >= 0.6 is 11.5 Å². The highest BCUT2D eigenvalue weighted by Crippen LogP contribution is 2.09. The van der Waals surface area contributed by atoms with Crippen LogP contribution in [0.1, 0.15) is 0 Å². The molecule has 32 heavy (non-hydrogen) atoms. The van der Waals surface area contributed by atoms with Gasteiger partial charge in [-0.15, -0.1) is 5.10 Å². The van der Waals surface area contributed by atoms with Crippen molar-refractivity contribution >= 4 is 44.7 Å². The molecule has 4 heterocycles. The predicted octanol–water partition coefficient (Wildman–Crippen LogP) is 4.89. The van der Waals surface area contributed by atoms with E-state index in [9.17, 15) is 0 Å². The quantitative estimate of drug-likeness (QED) is 0.343. The Kier molecular flexibility index (Phi) is 7.21. The molecule has 0 bridgehead atoms. The molecule has 158 valence electrons. The molecule has 0 unspecified atom stereocenters. The minimum Gasteiger partial charge on any atom is -0.443 e. The van der Waals surface area contributed by atoms with Crippen LogP contribution in [-0.2, 0) is 0 Å². The first-order valence-corrected chi connectivity index (χ1v) is 10.4. The maximum Gasteiger partial charge on any atom is 0.181 e. The molecule has 0 aliphatic rings. The summed E-state index contributed by atoms with van der Waals surface area (Å²) in [7, 11) is 0. The Bertz CT molecular complexity index is 1190. The maximum atomic E-state index is 5.01. The highest BCUT2D eigenvalue weighted by molar-refractivity contribution is 7.03. The SMILES string of the molecule is c1ccc2[nH]cnc2c1.c1ccc2n[nH]nc2c1.c1ccc2ocnc2c1.c1csnn1. The zero-order chi connectivity index (χ0) is 21.8. The summed E-state index contributed by atoms with van der Waals surface area (Å²) in [6, 6.07) is 23.3. The number of hydrogen-bond acceptors (Lipinski definition) is 8. The molecule has 0 saturated heterocycles. The number of oxazole rings is 1. The van der Waals surface area contributed by atoms with Crippen molar-refractivity contribution in [2.75, 3.05) is 0 Å². The van der Waals surface area contributed by atoms with Crippen LogP contribution in [0.5, 0.6) is 0 Å². The molecule has 0 spiro atoms. The monoisotopic (exact) mass is 442 g/mol. The minimum atomic E-state index is 0.845. The molecule has 0 atom stereocenters. The fraction of sp³-hybridized carbons (Fsp3) is 0. The van der Waals surface area contributed by atoms with Crippen LogP contribution in [0.4, 0.5) is 0 Å². The lowest BCUT2D eigenvalue weighted by Gasteiger charge is -1.81. The zero-order valence-corrected chi connectivity index (χ0v) is 17.6. The van der Waals surface area contributed by atoms with Crippen molar-refractivity contribution in [2.24, 2.45) is 0 Å². The molecule has 7 rings (SSSR count). The van der Waals surface area contributed by atoms with E-state index in [0.29, 0.717) is 0 Å². The first-order chi connectivity index (χ1) is 15.9. The number of aromatic amines is 2. The fourth-order valence-corrected chi connectivity index (χ4v) is 2.88. The van der Waals surface area contributed by atoms with Crippen LogP contribution in [0.2, 0.25) is 0 Å². The summed E-state index contributed by atoms with van der Waals surface area (Å²) < 4.78 is 8.52. The van der Waals surface area contributed by atoms with Gasteiger partial charge in [-0.3, -0.25) is 0 Å². The molecule has 4 aromatic heterocycles. The first kappa shape index (κ1) is 20.8. The molecule has 0 amide bonds. The van der Waals surface area contributed by atoms with E-state index in [1.807, 2.05) is 78.2 Å². The summed E-state index contributed by atoms with van der Waals surface area (Å²) >= 11 is 1.35. The van der Waals surface area contributed by atoms with Gasteiger partial charge < -0.3 is 9.40 Å². The third kappa shape index (κ3) is 5.80. The average Bonchev–Trinajstić information content (AvgIpc) is 3.67. The van der Waals surface area contributed by atoms with E-state index >= 15 is 0 Å². The van der Waals surface area contributed by atoms with Crippen molar-refractivity contribution in [1.29, 1.82) is 0 Å². The van der Waals surface area contributed by atoms with E-state index < -0.39 is 0 Å². The van der Waals surface area contributed by atoms with Crippen molar-refractivity contribution in [2.45, 2.75) is 0 Å². The molecular formula is C22H18N8OS. The van der Waals surface area contributed by atoms with Gasteiger partial charge in [-0.05, 0) is 47.9 Å². The van der Waals surface area contributed by atoms with Crippen LogP contribution in [0.25, 0.3) is 33.2 Å². The van der Waals surface area contributed by atoms with E-state index in [1.54, 1.807) is 12.5 Å². The summed E-state index contributed by atoms with van der Waals surface area (Å²) in [5.74, 6) is 0. The molecule has 0 fully saturated rings. The molecule has 7 aromatic rings. The Morgan fingerprint density at radius 3 is 2.03 bits per heavy atom. The van der Waals surface area contributed by atoms with Gasteiger partial charge in [0.25, 0.3) is 0 Å². The molecule has 2 N–H and O–H groups in total. The highest BCUT2D eigenvalue weighted by atomic mass is 32.1. The first-order valence-electron chi connectivity index (χ1n) is 9.53. The largest absolute Gasteiger partial charge is 0.443 e. The van der Waals surface area contributed by atoms with Crippen LogP contribution in [0, 0.1) is 0 Å². The number of aromatic nitrogens is 8. The van der Waals surface area contributed by atoms with E-state index in [0.717, 1.165) is 33.2 Å². The van der Waals surface area contributed by atoms with Crippen molar-refractivity contribution in [3.63, 3.8) is 0 Å². The predicted molar refractivity (Wildman–Crippen MR) is 124 cm³/mol. The molecule has 0 aliphatic carbocycles. The van der Waals surface area contributed by atoms with Crippen molar-refractivity contribution < 1.29 is 4.42 Å². The normalized spacial score (nSPS) is 9.88. The Hall–Kier alpha value is -4.44. The second-order valence-electron chi connectivity index (χ2n) is 6.14. The third-order valence-corrected chi connectivity index (χ3v) is 4.50. The Balaban J connectivity index is 0.000000104. The van der Waals surface area contributed by atoms with Crippen molar-refractivity contribution in [3.05, 3.63) is 97.1 Å². The molecule has 3 aromatic carbocycles. The van der Waals surface area contributed by atoms with Crippen LogP contribution in [-0.4, -0.2) is 39.9 Å². The second kappa shape index (κ2) is 11.1. The maximum absolute atomic E-state index is 5.01. The van der Waals surface area contributed by atoms with Crippen LogP contribution < -0.4 is 0 Å². The molecular weight excluding hydrogens is 424 g/mol. The van der Waals surface area contributed by atoms with Gasteiger partial charge in [0.15, 0.2) is 12.0 Å². The van der Waals surface area contributed by atoms with Gasteiger partial charge in [0, 0.05) is 5.38 Å². The Labute approximate surface area is 186 Å². The number of para-hydroxylation sites is 6. The number of imidazole rings is 1. The lowest BCUT2D eigenvalue weighted by molar-refractivity contribution is 0.602. The van der Waals surface area contributed by atoms with Crippen LogP contribution in [0.3, 0.4) is 0 Å². The average molecular weight is 443 g/mol. The number of nitrogens with one attached hydrogen (secondary N) is 2. The van der Waals surface area contributed by atoms with Crippen molar-refractivity contribution in [1.82, 2.24) is 39.9 Å². The third-order valence-electron chi connectivity index (χ3n) is 4.07. The van der Waals surface area contributed by atoms with Gasteiger partial charge in [-0.25, -0.2) is 9.97 Å². The van der Waals surface area contributed by atoms with Gasteiger partial charge in [0.1, 0.15) is 16.6 Å². The summed E-state index contributed by atoms with van der Waals surface area (Å²) in [4.78, 5) is 11.0.